The molecule has 0 unspecified atom stereocenters. The molecule has 0 saturated carbocycles. The standard InChI is InChI=1S/C18H18N2OS/c1-13-6-8-15(9-7-13)17(21)19-18(22)20-11-10-14-4-2-3-5-16(14)12-20/h2-9H,10-12H2,1H3,(H,19,21,22). The summed E-state index contributed by atoms with van der Waals surface area (Å²) in [5, 5.41) is 3.33. The average molecular weight is 310 g/mol. The minimum absolute atomic E-state index is 0.149. The van der Waals surface area contributed by atoms with Crippen LogP contribution in [0.15, 0.2) is 48.5 Å². The van der Waals surface area contributed by atoms with E-state index in [0.29, 0.717) is 10.7 Å². The molecular weight excluding hydrogens is 292 g/mol. The van der Waals surface area contributed by atoms with Gasteiger partial charge in [0.15, 0.2) is 5.11 Å². The molecular formula is C18H18N2OS. The first kappa shape index (κ1) is 14.7. The van der Waals surface area contributed by atoms with Crippen LogP contribution in [-0.2, 0) is 13.0 Å². The van der Waals surface area contributed by atoms with Crippen LogP contribution in [0.25, 0.3) is 0 Å². The second-order valence-electron chi connectivity index (χ2n) is 5.57. The van der Waals surface area contributed by atoms with Gasteiger partial charge in [0.05, 0.1) is 0 Å². The monoisotopic (exact) mass is 310 g/mol. The molecule has 1 heterocycles. The van der Waals surface area contributed by atoms with E-state index in [-0.39, 0.29) is 5.91 Å². The number of carbonyl (C=O) groups excluding carboxylic acids is 1. The van der Waals surface area contributed by atoms with E-state index in [0.717, 1.165) is 25.1 Å². The minimum atomic E-state index is -0.149. The summed E-state index contributed by atoms with van der Waals surface area (Å²) in [6.45, 7) is 3.59. The van der Waals surface area contributed by atoms with E-state index in [1.807, 2.05) is 42.2 Å². The molecule has 3 nitrogen and oxygen atoms in total. The van der Waals surface area contributed by atoms with Gasteiger partial charge in [0, 0.05) is 18.7 Å². The number of aryl methyl sites for hydroxylation is 1. The van der Waals surface area contributed by atoms with Gasteiger partial charge in [0.1, 0.15) is 0 Å². The van der Waals surface area contributed by atoms with Gasteiger partial charge in [-0.2, -0.15) is 0 Å². The van der Waals surface area contributed by atoms with Crippen LogP contribution >= 0.6 is 12.2 Å². The van der Waals surface area contributed by atoms with Crippen molar-refractivity contribution in [3.63, 3.8) is 0 Å². The Bertz CT molecular complexity index is 709. The largest absolute Gasteiger partial charge is 0.344 e. The Morgan fingerprint density at radius 3 is 2.50 bits per heavy atom. The second-order valence-corrected chi connectivity index (χ2v) is 5.95. The number of amides is 1. The van der Waals surface area contributed by atoms with E-state index in [1.165, 1.54) is 11.1 Å². The lowest BCUT2D eigenvalue weighted by atomic mass is 10.0. The number of nitrogens with zero attached hydrogens (tertiary/aromatic N) is 1. The maximum Gasteiger partial charge on any atom is 0.257 e. The summed E-state index contributed by atoms with van der Waals surface area (Å²) in [4.78, 5) is 14.3. The highest BCUT2D eigenvalue weighted by molar-refractivity contribution is 7.80. The fourth-order valence-electron chi connectivity index (χ4n) is 2.62. The van der Waals surface area contributed by atoms with Gasteiger partial charge in [-0.05, 0) is 48.8 Å². The first-order chi connectivity index (χ1) is 10.6. The van der Waals surface area contributed by atoms with E-state index >= 15 is 0 Å². The van der Waals surface area contributed by atoms with Crippen LogP contribution in [0.2, 0.25) is 0 Å². The number of nitrogens with one attached hydrogen (secondary N) is 1. The van der Waals surface area contributed by atoms with Crippen molar-refractivity contribution in [3.8, 4) is 0 Å². The molecule has 0 spiro atoms. The Morgan fingerprint density at radius 2 is 1.77 bits per heavy atom. The number of rotatable bonds is 1. The van der Waals surface area contributed by atoms with Crippen LogP contribution in [0.3, 0.4) is 0 Å². The van der Waals surface area contributed by atoms with Gasteiger partial charge >= 0.3 is 0 Å². The van der Waals surface area contributed by atoms with Crippen molar-refractivity contribution < 1.29 is 4.79 Å². The zero-order valence-corrected chi connectivity index (χ0v) is 13.3. The predicted octanol–water partition coefficient (Wildman–Crippen LogP) is 3.07. The van der Waals surface area contributed by atoms with Crippen molar-refractivity contribution in [1.82, 2.24) is 10.2 Å². The number of fused-ring (bicyclic) bond motifs is 1. The van der Waals surface area contributed by atoms with Gasteiger partial charge in [-0.3, -0.25) is 10.1 Å². The summed E-state index contributed by atoms with van der Waals surface area (Å²) in [6.07, 6.45) is 0.955. The van der Waals surface area contributed by atoms with E-state index in [4.69, 9.17) is 12.2 Å². The molecule has 0 fully saturated rings. The van der Waals surface area contributed by atoms with Crippen LogP contribution in [-0.4, -0.2) is 22.5 Å². The lowest BCUT2D eigenvalue weighted by molar-refractivity contribution is 0.0972. The quantitative estimate of drug-likeness (QED) is 0.822. The van der Waals surface area contributed by atoms with Gasteiger partial charge in [0.25, 0.3) is 5.91 Å². The number of carbonyl (C=O) groups is 1. The van der Waals surface area contributed by atoms with Crippen LogP contribution in [0.4, 0.5) is 0 Å². The molecule has 0 atom stereocenters. The zero-order valence-electron chi connectivity index (χ0n) is 12.5. The topological polar surface area (TPSA) is 32.3 Å². The molecule has 22 heavy (non-hydrogen) atoms. The van der Waals surface area contributed by atoms with Gasteiger partial charge in [-0.15, -0.1) is 0 Å². The highest BCUT2D eigenvalue weighted by Gasteiger charge is 2.19. The molecule has 0 radical (unpaired) electrons. The first-order valence-electron chi connectivity index (χ1n) is 7.37. The van der Waals surface area contributed by atoms with Crippen LogP contribution in [0, 0.1) is 6.92 Å². The summed E-state index contributed by atoms with van der Waals surface area (Å²) in [5.41, 5.74) is 4.41. The lowest BCUT2D eigenvalue weighted by Gasteiger charge is -2.30. The van der Waals surface area contributed by atoms with Gasteiger partial charge in [0.2, 0.25) is 0 Å². The van der Waals surface area contributed by atoms with Crippen molar-refractivity contribution in [2.24, 2.45) is 0 Å². The maximum atomic E-state index is 12.2. The fraction of sp³-hybridized carbons (Fsp3) is 0.222. The third-order valence-corrected chi connectivity index (χ3v) is 4.31. The van der Waals surface area contributed by atoms with E-state index in [2.05, 4.69) is 23.5 Å². The SMILES string of the molecule is Cc1ccc(C(=O)NC(=S)N2CCc3ccccc3C2)cc1. The molecule has 3 rings (SSSR count). The molecule has 0 aromatic heterocycles. The predicted molar refractivity (Wildman–Crippen MR) is 91.8 cm³/mol. The first-order valence-corrected chi connectivity index (χ1v) is 7.78. The van der Waals surface area contributed by atoms with Crippen molar-refractivity contribution in [1.29, 1.82) is 0 Å². The van der Waals surface area contributed by atoms with Crippen molar-refractivity contribution >= 4 is 23.2 Å². The highest BCUT2D eigenvalue weighted by atomic mass is 32.1. The fourth-order valence-corrected chi connectivity index (χ4v) is 2.87. The molecule has 0 aliphatic carbocycles. The summed E-state index contributed by atoms with van der Waals surface area (Å²) < 4.78 is 0. The molecule has 2 aromatic carbocycles. The molecule has 0 bridgehead atoms. The molecule has 1 amide bonds. The smallest absolute Gasteiger partial charge is 0.257 e. The Hall–Kier alpha value is -2.20. The summed E-state index contributed by atoms with van der Waals surface area (Å²) in [7, 11) is 0. The van der Waals surface area contributed by atoms with E-state index in [9.17, 15) is 4.79 Å². The third kappa shape index (κ3) is 3.17. The summed E-state index contributed by atoms with van der Waals surface area (Å²) in [6, 6.07) is 15.9. The van der Waals surface area contributed by atoms with Crippen molar-refractivity contribution in [2.75, 3.05) is 6.54 Å². The molecule has 0 saturated heterocycles. The number of thiocarbonyl (C=S) groups is 1. The average Bonchev–Trinajstić information content (AvgIpc) is 2.55. The van der Waals surface area contributed by atoms with Crippen molar-refractivity contribution in [3.05, 3.63) is 70.8 Å². The Labute approximate surface area is 136 Å². The summed E-state index contributed by atoms with van der Waals surface area (Å²) in [5.74, 6) is -0.149. The normalized spacial score (nSPS) is 13.4. The Balaban J connectivity index is 1.65. The lowest BCUT2D eigenvalue weighted by Crippen LogP contribution is -2.44. The molecule has 1 N–H and O–H groups in total. The molecule has 1 aliphatic rings. The highest BCUT2D eigenvalue weighted by Crippen LogP contribution is 2.18. The molecule has 4 heteroatoms. The van der Waals surface area contributed by atoms with E-state index in [1.54, 1.807) is 0 Å². The maximum absolute atomic E-state index is 12.2. The van der Waals surface area contributed by atoms with Gasteiger partial charge in [-0.25, -0.2) is 0 Å². The number of benzene rings is 2. The molecule has 1 aliphatic heterocycles. The molecule has 2 aromatic rings. The van der Waals surface area contributed by atoms with Gasteiger partial charge < -0.3 is 4.90 Å². The van der Waals surface area contributed by atoms with E-state index < -0.39 is 0 Å². The minimum Gasteiger partial charge on any atom is -0.344 e. The number of hydrogen-bond donors (Lipinski definition) is 1. The van der Waals surface area contributed by atoms with Crippen LogP contribution in [0.1, 0.15) is 27.0 Å². The Morgan fingerprint density at radius 1 is 1.09 bits per heavy atom. The third-order valence-electron chi connectivity index (χ3n) is 3.95. The molecule has 112 valence electrons. The number of hydrogen-bond acceptors (Lipinski definition) is 2. The zero-order chi connectivity index (χ0) is 15.5. The second kappa shape index (κ2) is 6.28. The van der Waals surface area contributed by atoms with Crippen LogP contribution < -0.4 is 5.32 Å². The van der Waals surface area contributed by atoms with Gasteiger partial charge in [-0.1, -0.05) is 42.0 Å². The summed E-state index contributed by atoms with van der Waals surface area (Å²) >= 11 is 5.40. The Kier molecular flexibility index (Phi) is 4.20. The van der Waals surface area contributed by atoms with Crippen LogP contribution in [0.5, 0.6) is 0 Å². The van der Waals surface area contributed by atoms with Crippen molar-refractivity contribution in [2.45, 2.75) is 19.9 Å².